The molecule has 1 amide bonds. The van der Waals surface area contributed by atoms with Crippen LogP contribution in [0.1, 0.15) is 17.0 Å². The van der Waals surface area contributed by atoms with Gasteiger partial charge in [-0.05, 0) is 37.4 Å². The van der Waals surface area contributed by atoms with Crippen LogP contribution in [0.5, 0.6) is 0 Å². The summed E-state index contributed by atoms with van der Waals surface area (Å²) in [5.41, 5.74) is 1.66. The number of aliphatic carboxylic acids is 1. The summed E-state index contributed by atoms with van der Waals surface area (Å²) >= 11 is 13.6. The molecular formula is C27H25Cl2N3O3S. The van der Waals surface area contributed by atoms with Gasteiger partial charge < -0.3 is 15.3 Å². The number of nitrogens with one attached hydrogen (secondary N) is 1. The smallest absolute Gasteiger partial charge is 0.332 e. The first-order valence-corrected chi connectivity index (χ1v) is 12.9. The highest BCUT2D eigenvalue weighted by atomic mass is 35.5. The maximum Gasteiger partial charge on any atom is 0.332 e. The van der Waals surface area contributed by atoms with Crippen molar-refractivity contribution in [2.45, 2.75) is 11.8 Å². The molecular weight excluding hydrogens is 517 g/mol. The maximum absolute atomic E-state index is 13.7. The van der Waals surface area contributed by atoms with Gasteiger partial charge in [-0.2, -0.15) is 0 Å². The summed E-state index contributed by atoms with van der Waals surface area (Å²) in [6.45, 7) is 1.07. The molecule has 9 heteroatoms. The second-order valence-corrected chi connectivity index (χ2v) is 10.4. The molecule has 3 aromatic rings. The molecule has 0 radical (unpaired) electrons. The molecule has 1 atom stereocenters. The molecule has 0 fully saturated rings. The van der Waals surface area contributed by atoms with Crippen LogP contribution in [0.3, 0.4) is 0 Å². The molecule has 1 aromatic heterocycles. The third kappa shape index (κ3) is 5.39. The first-order chi connectivity index (χ1) is 17.2. The molecule has 2 aromatic carbocycles. The van der Waals surface area contributed by atoms with Crippen molar-refractivity contribution >= 4 is 52.0 Å². The number of thiazole rings is 1. The number of likely N-dealkylation sites (N-methyl/N-ethyl adjacent to an activating group) is 1. The number of aromatic nitrogens is 1. The molecule has 1 aliphatic carbocycles. The fourth-order valence-corrected chi connectivity index (χ4v) is 5.36. The van der Waals surface area contributed by atoms with E-state index in [1.54, 1.807) is 24.3 Å². The number of amides is 1. The number of rotatable bonds is 8. The van der Waals surface area contributed by atoms with Gasteiger partial charge in [0, 0.05) is 36.0 Å². The molecule has 4 rings (SSSR count). The van der Waals surface area contributed by atoms with Crippen LogP contribution in [0.25, 0.3) is 16.8 Å². The van der Waals surface area contributed by atoms with Crippen molar-refractivity contribution in [2.24, 2.45) is 0 Å². The molecule has 2 N–H and O–H groups in total. The van der Waals surface area contributed by atoms with Crippen LogP contribution in [-0.2, 0) is 15.0 Å². The van der Waals surface area contributed by atoms with Crippen LogP contribution in [0.4, 0.5) is 0 Å². The Hall–Kier alpha value is -2.97. The average molecular weight is 542 g/mol. The number of carbonyl (C=O) groups excluding carboxylic acids is 1. The number of carboxylic acids is 1. The molecule has 6 nitrogen and oxygen atoms in total. The van der Waals surface area contributed by atoms with E-state index in [4.69, 9.17) is 28.2 Å². The van der Waals surface area contributed by atoms with Gasteiger partial charge in [-0.15, -0.1) is 11.3 Å². The first kappa shape index (κ1) is 26.1. The summed E-state index contributed by atoms with van der Waals surface area (Å²) in [7, 11) is 3.84. The van der Waals surface area contributed by atoms with Crippen molar-refractivity contribution in [3.63, 3.8) is 0 Å². The molecule has 0 spiro atoms. The van der Waals surface area contributed by atoms with Crippen LogP contribution in [0, 0.1) is 0 Å². The molecule has 0 aliphatic heterocycles. The SMILES string of the molecule is CN(C)CCNC(=O)C1(c2nc(-c3ccc(Cl)c(Cl)c3)cs2)C=CC(c2ccccc2)=C(C(=O)O)C1. The normalized spacial score (nSPS) is 17.5. The van der Waals surface area contributed by atoms with Crippen LogP contribution >= 0.6 is 34.5 Å². The first-order valence-electron chi connectivity index (χ1n) is 11.3. The number of allylic oxidation sites excluding steroid dienone is 2. The Bertz CT molecular complexity index is 1350. The fourth-order valence-electron chi connectivity index (χ4n) is 4.06. The predicted octanol–water partition coefficient (Wildman–Crippen LogP) is 5.53. The monoisotopic (exact) mass is 541 g/mol. The zero-order valence-corrected chi connectivity index (χ0v) is 22.1. The number of hydrogen-bond donors (Lipinski definition) is 2. The van der Waals surface area contributed by atoms with Crippen LogP contribution in [0.15, 0.2) is 71.6 Å². The molecule has 36 heavy (non-hydrogen) atoms. The number of carboxylic acid groups (broad SMARTS) is 1. The van der Waals surface area contributed by atoms with Gasteiger partial charge in [0.15, 0.2) is 0 Å². The number of halogens is 2. The van der Waals surface area contributed by atoms with Crippen LogP contribution in [-0.4, -0.2) is 54.1 Å². The summed E-state index contributed by atoms with van der Waals surface area (Å²) in [5, 5.41) is 16.3. The zero-order chi connectivity index (χ0) is 25.9. The van der Waals surface area contributed by atoms with E-state index in [0.717, 1.165) is 11.1 Å². The second-order valence-electron chi connectivity index (χ2n) is 8.77. The topological polar surface area (TPSA) is 82.5 Å². The summed E-state index contributed by atoms with van der Waals surface area (Å²) in [6, 6.07) is 14.5. The number of hydrogen-bond acceptors (Lipinski definition) is 5. The summed E-state index contributed by atoms with van der Waals surface area (Å²) in [6.07, 6.45) is 3.49. The van der Waals surface area contributed by atoms with Crippen molar-refractivity contribution in [2.75, 3.05) is 27.2 Å². The molecule has 186 valence electrons. The van der Waals surface area contributed by atoms with Crippen LogP contribution in [0.2, 0.25) is 10.0 Å². The second kappa shape index (κ2) is 11.0. The lowest BCUT2D eigenvalue weighted by Crippen LogP contribution is -2.46. The fraction of sp³-hybridized carbons (Fsp3) is 0.222. The van der Waals surface area contributed by atoms with E-state index in [0.29, 0.717) is 39.4 Å². The van der Waals surface area contributed by atoms with Gasteiger partial charge in [0.1, 0.15) is 10.4 Å². The Morgan fingerprint density at radius 2 is 1.86 bits per heavy atom. The Balaban J connectivity index is 1.77. The standard InChI is InChI=1S/C27H25Cl2N3O3S/c1-32(2)13-12-30-25(35)27(26-31-23(16-36-26)18-8-9-21(28)22(29)14-18)11-10-19(20(15-27)24(33)34)17-6-4-3-5-7-17/h3-11,14,16H,12-13,15H2,1-2H3,(H,30,35)(H,33,34). The molecule has 1 unspecified atom stereocenters. The molecule has 0 bridgehead atoms. The van der Waals surface area contributed by atoms with Gasteiger partial charge in [-0.3, -0.25) is 4.79 Å². The third-order valence-electron chi connectivity index (χ3n) is 6.01. The van der Waals surface area contributed by atoms with Crippen molar-refractivity contribution in [3.8, 4) is 11.3 Å². The predicted molar refractivity (Wildman–Crippen MR) is 146 cm³/mol. The Kier molecular flexibility index (Phi) is 7.95. The van der Waals surface area contributed by atoms with E-state index >= 15 is 0 Å². The Morgan fingerprint density at radius 1 is 1.11 bits per heavy atom. The molecule has 1 aliphatic rings. The van der Waals surface area contributed by atoms with E-state index in [-0.39, 0.29) is 17.9 Å². The minimum absolute atomic E-state index is 0.0226. The van der Waals surface area contributed by atoms with Crippen molar-refractivity contribution < 1.29 is 14.7 Å². The van der Waals surface area contributed by atoms with E-state index in [2.05, 4.69) is 5.32 Å². The van der Waals surface area contributed by atoms with Gasteiger partial charge in [0.05, 0.1) is 15.7 Å². The minimum Gasteiger partial charge on any atom is -0.478 e. The van der Waals surface area contributed by atoms with Crippen molar-refractivity contribution in [3.05, 3.63) is 92.3 Å². The van der Waals surface area contributed by atoms with E-state index < -0.39 is 11.4 Å². The maximum atomic E-state index is 13.7. The number of benzene rings is 2. The van der Waals surface area contributed by atoms with Crippen molar-refractivity contribution in [1.82, 2.24) is 15.2 Å². The van der Waals surface area contributed by atoms with Crippen molar-refractivity contribution in [1.29, 1.82) is 0 Å². The number of nitrogens with zero attached hydrogens (tertiary/aromatic N) is 2. The zero-order valence-electron chi connectivity index (χ0n) is 19.8. The van der Waals surface area contributed by atoms with Crippen LogP contribution < -0.4 is 5.32 Å². The largest absolute Gasteiger partial charge is 0.478 e. The summed E-state index contributed by atoms with van der Waals surface area (Å²) in [4.78, 5) is 32.8. The average Bonchev–Trinajstić information content (AvgIpc) is 3.36. The van der Waals surface area contributed by atoms with Gasteiger partial charge in [-0.1, -0.05) is 71.8 Å². The highest BCUT2D eigenvalue weighted by Crippen LogP contribution is 2.43. The highest BCUT2D eigenvalue weighted by Gasteiger charge is 2.45. The summed E-state index contributed by atoms with van der Waals surface area (Å²) in [5.74, 6) is -1.36. The van der Waals surface area contributed by atoms with Gasteiger partial charge >= 0.3 is 5.97 Å². The molecule has 1 heterocycles. The lowest BCUT2D eigenvalue weighted by molar-refractivity contribution is -0.133. The summed E-state index contributed by atoms with van der Waals surface area (Å²) < 4.78 is 0. The number of carbonyl (C=O) groups is 2. The van der Waals surface area contributed by atoms with E-state index in [9.17, 15) is 14.7 Å². The molecule has 0 saturated carbocycles. The Morgan fingerprint density at radius 3 is 2.53 bits per heavy atom. The Labute approximate surface area is 223 Å². The minimum atomic E-state index is -1.27. The molecule has 0 saturated heterocycles. The third-order valence-corrected chi connectivity index (χ3v) is 7.77. The lowest BCUT2D eigenvalue weighted by Gasteiger charge is -2.31. The van der Waals surface area contributed by atoms with Gasteiger partial charge in [-0.25, -0.2) is 9.78 Å². The lowest BCUT2D eigenvalue weighted by atomic mass is 9.74. The quantitative estimate of drug-likeness (QED) is 0.391. The van der Waals surface area contributed by atoms with E-state index in [1.165, 1.54) is 11.3 Å². The van der Waals surface area contributed by atoms with E-state index in [1.807, 2.05) is 60.8 Å². The van der Waals surface area contributed by atoms with Gasteiger partial charge in [0.2, 0.25) is 5.91 Å². The highest BCUT2D eigenvalue weighted by molar-refractivity contribution is 7.10. The van der Waals surface area contributed by atoms with Gasteiger partial charge in [0.25, 0.3) is 0 Å².